The highest BCUT2D eigenvalue weighted by Crippen LogP contribution is 2.28. The summed E-state index contributed by atoms with van der Waals surface area (Å²) in [6.07, 6.45) is 1.68. The Labute approximate surface area is 173 Å². The zero-order valence-electron chi connectivity index (χ0n) is 16.4. The lowest BCUT2D eigenvalue weighted by Gasteiger charge is -2.12. The molecular formula is C22H19N3O5. The van der Waals surface area contributed by atoms with Crippen molar-refractivity contribution in [2.75, 3.05) is 19.0 Å². The number of hydrogen-bond donors (Lipinski definition) is 1. The largest absolute Gasteiger partial charge is 0.493 e. The van der Waals surface area contributed by atoms with E-state index in [-0.39, 0.29) is 6.61 Å². The number of carbonyl (C=O) groups is 2. The Bertz CT molecular complexity index is 1020. The van der Waals surface area contributed by atoms with Crippen molar-refractivity contribution in [1.29, 1.82) is 10.5 Å². The van der Waals surface area contributed by atoms with E-state index in [9.17, 15) is 9.59 Å². The third-order valence-corrected chi connectivity index (χ3v) is 3.84. The summed E-state index contributed by atoms with van der Waals surface area (Å²) in [4.78, 5) is 24.2. The van der Waals surface area contributed by atoms with Gasteiger partial charge in [-0.05, 0) is 55.0 Å². The van der Waals surface area contributed by atoms with E-state index in [1.807, 2.05) is 12.1 Å². The van der Waals surface area contributed by atoms with Crippen LogP contribution in [0.3, 0.4) is 0 Å². The number of ether oxygens (including phenoxy) is 3. The molecule has 0 fully saturated rings. The van der Waals surface area contributed by atoms with Crippen molar-refractivity contribution >= 4 is 23.6 Å². The zero-order valence-corrected chi connectivity index (χ0v) is 16.4. The number of nitriles is 2. The number of amides is 1. The molecule has 0 saturated carbocycles. The predicted molar refractivity (Wildman–Crippen MR) is 108 cm³/mol. The smallest absolute Gasteiger partial charge is 0.331 e. The Morgan fingerprint density at radius 1 is 1.13 bits per heavy atom. The van der Waals surface area contributed by atoms with Gasteiger partial charge >= 0.3 is 5.97 Å². The van der Waals surface area contributed by atoms with Crippen LogP contribution in [0, 0.1) is 22.7 Å². The molecule has 0 heterocycles. The van der Waals surface area contributed by atoms with E-state index in [0.717, 1.165) is 0 Å². The van der Waals surface area contributed by atoms with Crippen LogP contribution in [0.15, 0.2) is 48.5 Å². The van der Waals surface area contributed by atoms with Gasteiger partial charge in [0.25, 0.3) is 5.91 Å². The maximum absolute atomic E-state index is 12.2. The summed E-state index contributed by atoms with van der Waals surface area (Å²) in [5, 5.41) is 20.0. The first-order valence-corrected chi connectivity index (χ1v) is 8.84. The molecule has 0 aliphatic carbocycles. The molecule has 0 bridgehead atoms. The number of nitrogens with one attached hydrogen (secondary N) is 1. The van der Waals surface area contributed by atoms with Gasteiger partial charge in [0.2, 0.25) is 0 Å². The number of benzene rings is 2. The van der Waals surface area contributed by atoms with E-state index in [1.54, 1.807) is 42.5 Å². The Morgan fingerprint density at radius 3 is 2.50 bits per heavy atom. The average Bonchev–Trinajstić information content (AvgIpc) is 2.76. The molecule has 0 aliphatic heterocycles. The molecule has 0 unspecified atom stereocenters. The summed E-state index contributed by atoms with van der Waals surface area (Å²) in [6, 6.07) is 15.1. The second-order valence-corrected chi connectivity index (χ2v) is 5.95. The average molecular weight is 405 g/mol. The molecule has 0 aromatic heterocycles. The summed E-state index contributed by atoms with van der Waals surface area (Å²) in [5.74, 6) is -0.369. The van der Waals surface area contributed by atoms with Crippen LogP contribution in [-0.4, -0.2) is 31.7 Å². The fraction of sp³-hybridized carbons (Fsp3) is 0.182. The van der Waals surface area contributed by atoms with Crippen LogP contribution in [0.25, 0.3) is 6.08 Å². The molecule has 2 aromatic carbocycles. The van der Waals surface area contributed by atoms with E-state index in [0.29, 0.717) is 28.3 Å². The lowest BCUT2D eigenvalue weighted by Crippen LogP contribution is -2.29. The maximum Gasteiger partial charge on any atom is 0.331 e. The molecule has 1 atom stereocenters. The number of nitrogens with zero attached hydrogens (tertiary/aromatic N) is 2. The third kappa shape index (κ3) is 6.39. The van der Waals surface area contributed by atoms with Crippen LogP contribution in [-0.2, 0) is 14.3 Å². The van der Waals surface area contributed by atoms with Crippen molar-refractivity contribution in [3.05, 3.63) is 59.7 Å². The Morgan fingerprint density at radius 2 is 1.87 bits per heavy atom. The summed E-state index contributed by atoms with van der Waals surface area (Å²) in [7, 11) is 1.46. The van der Waals surface area contributed by atoms with Crippen molar-refractivity contribution < 1.29 is 23.8 Å². The first kappa shape index (κ1) is 22.0. The van der Waals surface area contributed by atoms with Crippen LogP contribution in [0.5, 0.6) is 11.5 Å². The molecule has 1 amide bonds. The SMILES string of the molecule is COc1cc(/C=C/C(=O)O[C@H](C)C(=O)Nc2ccc(C#N)cc2)ccc1OCC#N. The molecule has 2 rings (SSSR count). The van der Waals surface area contributed by atoms with Crippen LogP contribution in [0.1, 0.15) is 18.1 Å². The minimum atomic E-state index is -1.02. The lowest BCUT2D eigenvalue weighted by molar-refractivity contribution is -0.148. The molecule has 0 saturated heterocycles. The fourth-order valence-electron chi connectivity index (χ4n) is 2.32. The number of esters is 1. The topological polar surface area (TPSA) is 121 Å². The minimum Gasteiger partial charge on any atom is -0.493 e. The van der Waals surface area contributed by atoms with Gasteiger partial charge in [0.1, 0.15) is 6.07 Å². The molecule has 2 aromatic rings. The first-order valence-electron chi connectivity index (χ1n) is 8.84. The second kappa shape index (κ2) is 10.9. The number of hydrogen-bond acceptors (Lipinski definition) is 7. The molecular weight excluding hydrogens is 386 g/mol. The number of anilines is 1. The monoisotopic (exact) mass is 405 g/mol. The van der Waals surface area contributed by atoms with Crippen molar-refractivity contribution in [3.8, 4) is 23.6 Å². The fourth-order valence-corrected chi connectivity index (χ4v) is 2.32. The number of carbonyl (C=O) groups excluding carboxylic acids is 2. The standard InChI is InChI=1S/C22H19N3O5/c1-15(22(27)25-18-7-3-17(14-24)4-8-18)30-21(26)10-6-16-5-9-19(29-12-11-23)20(13-16)28-2/h3-10,13,15H,12H2,1-2H3,(H,25,27)/b10-6+/t15-/m1/s1. The van der Waals surface area contributed by atoms with Crippen molar-refractivity contribution in [3.63, 3.8) is 0 Å². The quantitative estimate of drug-likeness (QED) is 0.529. The van der Waals surface area contributed by atoms with Crippen LogP contribution < -0.4 is 14.8 Å². The highest BCUT2D eigenvalue weighted by atomic mass is 16.5. The van der Waals surface area contributed by atoms with Gasteiger partial charge in [-0.25, -0.2) is 4.79 Å². The molecule has 30 heavy (non-hydrogen) atoms. The minimum absolute atomic E-state index is 0.111. The van der Waals surface area contributed by atoms with Crippen LogP contribution in [0.2, 0.25) is 0 Å². The Hall–Kier alpha value is -4.30. The molecule has 8 heteroatoms. The van der Waals surface area contributed by atoms with Gasteiger partial charge in [-0.2, -0.15) is 10.5 Å². The predicted octanol–water partition coefficient (Wildman–Crippen LogP) is 3.05. The summed E-state index contributed by atoms with van der Waals surface area (Å²) < 4.78 is 15.5. The van der Waals surface area contributed by atoms with Gasteiger partial charge in [-0.1, -0.05) is 6.07 Å². The third-order valence-electron chi connectivity index (χ3n) is 3.84. The summed E-state index contributed by atoms with van der Waals surface area (Å²) in [6.45, 7) is 1.34. The van der Waals surface area contributed by atoms with Gasteiger partial charge in [0, 0.05) is 11.8 Å². The molecule has 0 spiro atoms. The van der Waals surface area contributed by atoms with E-state index in [1.165, 1.54) is 26.2 Å². The number of rotatable bonds is 8. The lowest BCUT2D eigenvalue weighted by atomic mass is 10.2. The summed E-state index contributed by atoms with van der Waals surface area (Å²) in [5.41, 5.74) is 1.60. The van der Waals surface area contributed by atoms with Crippen LogP contribution in [0.4, 0.5) is 5.69 Å². The Kier molecular flexibility index (Phi) is 7.98. The zero-order chi connectivity index (χ0) is 21.9. The molecule has 1 N–H and O–H groups in total. The van der Waals surface area contributed by atoms with Crippen molar-refractivity contribution in [2.45, 2.75) is 13.0 Å². The molecule has 0 aliphatic rings. The van der Waals surface area contributed by atoms with Crippen LogP contribution >= 0.6 is 0 Å². The van der Waals surface area contributed by atoms with Gasteiger partial charge in [0.15, 0.2) is 24.2 Å². The summed E-state index contributed by atoms with van der Waals surface area (Å²) >= 11 is 0. The van der Waals surface area contributed by atoms with E-state index < -0.39 is 18.0 Å². The molecule has 8 nitrogen and oxygen atoms in total. The van der Waals surface area contributed by atoms with Gasteiger partial charge in [-0.3, -0.25) is 4.79 Å². The second-order valence-electron chi connectivity index (χ2n) is 5.95. The first-order chi connectivity index (χ1) is 14.5. The normalized spacial score (nSPS) is 11.1. The van der Waals surface area contributed by atoms with Crippen molar-refractivity contribution in [1.82, 2.24) is 0 Å². The van der Waals surface area contributed by atoms with Crippen molar-refractivity contribution in [2.24, 2.45) is 0 Å². The van der Waals surface area contributed by atoms with E-state index in [4.69, 9.17) is 24.7 Å². The van der Waals surface area contributed by atoms with E-state index in [2.05, 4.69) is 5.32 Å². The van der Waals surface area contributed by atoms with Gasteiger partial charge in [-0.15, -0.1) is 0 Å². The number of methoxy groups -OCH3 is 1. The van der Waals surface area contributed by atoms with E-state index >= 15 is 0 Å². The Balaban J connectivity index is 1.93. The molecule has 152 valence electrons. The highest BCUT2D eigenvalue weighted by Gasteiger charge is 2.16. The van der Waals surface area contributed by atoms with Gasteiger partial charge in [0.05, 0.1) is 18.7 Å². The highest BCUT2D eigenvalue weighted by molar-refractivity contribution is 5.96. The maximum atomic E-state index is 12.2. The molecule has 0 radical (unpaired) electrons. The van der Waals surface area contributed by atoms with Gasteiger partial charge < -0.3 is 19.5 Å².